The lowest BCUT2D eigenvalue weighted by atomic mass is 9.93. The highest BCUT2D eigenvalue weighted by Gasteiger charge is 2.48. The van der Waals surface area contributed by atoms with Crippen LogP contribution in [0.5, 0.6) is 5.75 Å². The van der Waals surface area contributed by atoms with E-state index in [-0.39, 0.29) is 40.5 Å². The number of carbonyl (C=O) groups excluding carboxylic acids is 1. The van der Waals surface area contributed by atoms with E-state index in [2.05, 4.69) is 16.5 Å². The van der Waals surface area contributed by atoms with Gasteiger partial charge in [0.2, 0.25) is 5.91 Å². The minimum atomic E-state index is -0.991. The second kappa shape index (κ2) is 9.52. The van der Waals surface area contributed by atoms with Crippen LogP contribution in [0.3, 0.4) is 0 Å². The van der Waals surface area contributed by atoms with Crippen molar-refractivity contribution in [2.75, 3.05) is 37.6 Å². The number of nitrogens with zero attached hydrogens (tertiary/aromatic N) is 5. The van der Waals surface area contributed by atoms with E-state index in [4.69, 9.17) is 16.3 Å². The third-order valence-corrected chi connectivity index (χ3v) is 9.57. The predicted molar refractivity (Wildman–Crippen MR) is 152 cm³/mol. The van der Waals surface area contributed by atoms with E-state index < -0.39 is 23.0 Å². The van der Waals surface area contributed by atoms with Crippen molar-refractivity contribution in [3.05, 3.63) is 63.6 Å². The Labute approximate surface area is 240 Å². The Bertz CT molecular complexity index is 1680. The maximum Gasteiger partial charge on any atom is 0.351 e. The fourth-order valence-electron chi connectivity index (χ4n) is 7.46. The summed E-state index contributed by atoms with van der Waals surface area (Å²) in [5.74, 6) is -1.40. The van der Waals surface area contributed by atoms with E-state index in [1.54, 1.807) is 15.5 Å². The molecule has 3 aromatic rings. The number of halogens is 3. The molecule has 2 aromatic carbocycles. The zero-order valence-electron chi connectivity index (χ0n) is 22.8. The van der Waals surface area contributed by atoms with Gasteiger partial charge in [-0.2, -0.15) is 4.98 Å². The number of amides is 1. The van der Waals surface area contributed by atoms with Gasteiger partial charge in [0.1, 0.15) is 23.6 Å². The molecule has 0 radical (unpaired) electrons. The molecule has 0 bridgehead atoms. The highest BCUT2D eigenvalue weighted by Crippen LogP contribution is 2.52. The van der Waals surface area contributed by atoms with Gasteiger partial charge in [0.25, 0.3) is 0 Å². The molecule has 0 saturated carbocycles. The van der Waals surface area contributed by atoms with Crippen LogP contribution in [0, 0.1) is 11.6 Å². The number of piperazine rings is 1. The van der Waals surface area contributed by atoms with Crippen molar-refractivity contribution < 1.29 is 18.3 Å². The van der Waals surface area contributed by atoms with Crippen molar-refractivity contribution in [2.24, 2.45) is 0 Å². The molecule has 1 amide bonds. The molecule has 11 heteroatoms. The molecule has 4 aliphatic heterocycles. The van der Waals surface area contributed by atoms with Crippen molar-refractivity contribution in [3.63, 3.8) is 0 Å². The number of ether oxygens (including phenoxy) is 1. The summed E-state index contributed by atoms with van der Waals surface area (Å²) >= 11 is 6.89. The molecule has 3 saturated heterocycles. The molecule has 1 atom stereocenters. The molecule has 5 heterocycles. The number of fused-ring (bicyclic) bond motifs is 6. The average Bonchev–Trinajstić information content (AvgIpc) is 3.55. The summed E-state index contributed by atoms with van der Waals surface area (Å²) in [4.78, 5) is 37.2. The molecule has 214 valence electrons. The molecule has 7 rings (SSSR count). The third kappa shape index (κ3) is 3.76. The van der Waals surface area contributed by atoms with Gasteiger partial charge in [-0.25, -0.2) is 13.6 Å². The highest BCUT2D eigenvalue weighted by atomic mass is 35.5. The Kier molecular flexibility index (Phi) is 6.13. The molecule has 8 nitrogen and oxygen atoms in total. The summed E-state index contributed by atoms with van der Waals surface area (Å²) in [6.45, 7) is 8.63. The zero-order valence-corrected chi connectivity index (χ0v) is 23.5. The van der Waals surface area contributed by atoms with Crippen molar-refractivity contribution in [2.45, 2.75) is 50.9 Å². The molecular weight excluding hydrogens is 552 g/mol. The van der Waals surface area contributed by atoms with E-state index in [1.807, 2.05) is 11.8 Å². The van der Waals surface area contributed by atoms with Gasteiger partial charge < -0.3 is 14.5 Å². The van der Waals surface area contributed by atoms with Gasteiger partial charge in [0.15, 0.2) is 17.4 Å². The summed E-state index contributed by atoms with van der Waals surface area (Å²) in [5.41, 5.74) is 0.298. The van der Waals surface area contributed by atoms with E-state index in [9.17, 15) is 14.0 Å². The molecule has 4 aliphatic rings. The number of benzene rings is 2. The van der Waals surface area contributed by atoms with E-state index in [0.29, 0.717) is 41.9 Å². The zero-order chi connectivity index (χ0) is 28.6. The van der Waals surface area contributed by atoms with Gasteiger partial charge in [0, 0.05) is 60.8 Å². The van der Waals surface area contributed by atoms with E-state index in [0.717, 1.165) is 44.8 Å². The molecule has 0 aliphatic carbocycles. The van der Waals surface area contributed by atoms with Crippen molar-refractivity contribution in [3.8, 4) is 16.9 Å². The second-order valence-corrected chi connectivity index (χ2v) is 11.8. The molecule has 0 N–H and O–H groups in total. The van der Waals surface area contributed by atoms with Crippen LogP contribution in [0.25, 0.3) is 22.0 Å². The van der Waals surface area contributed by atoms with Gasteiger partial charge in [0.05, 0.1) is 5.02 Å². The van der Waals surface area contributed by atoms with Crippen LogP contribution >= 0.6 is 11.6 Å². The lowest BCUT2D eigenvalue weighted by molar-refractivity contribution is -0.126. The minimum absolute atomic E-state index is 0.0102. The van der Waals surface area contributed by atoms with Crippen LogP contribution in [0.4, 0.5) is 14.6 Å². The Balaban J connectivity index is 1.52. The topological polar surface area (TPSA) is 70.9 Å². The van der Waals surface area contributed by atoms with Crippen LogP contribution in [0.1, 0.15) is 38.2 Å². The molecule has 0 spiro atoms. The Morgan fingerprint density at radius 1 is 1.17 bits per heavy atom. The summed E-state index contributed by atoms with van der Waals surface area (Å²) in [7, 11) is 0. The molecule has 1 aromatic heterocycles. The summed E-state index contributed by atoms with van der Waals surface area (Å²) in [6.07, 6.45) is 4.73. The van der Waals surface area contributed by atoms with E-state index >= 15 is 4.39 Å². The lowest BCUT2D eigenvalue weighted by Crippen LogP contribution is -2.54. The summed E-state index contributed by atoms with van der Waals surface area (Å²) < 4.78 is 37.9. The first-order valence-corrected chi connectivity index (χ1v) is 14.5. The van der Waals surface area contributed by atoms with Gasteiger partial charge in [-0.1, -0.05) is 24.2 Å². The average molecular weight is 582 g/mol. The Hall–Kier alpha value is -3.50. The van der Waals surface area contributed by atoms with E-state index in [1.165, 1.54) is 12.1 Å². The first kappa shape index (κ1) is 26.4. The number of rotatable bonds is 3. The number of hydrogen-bond acceptors (Lipinski definition) is 6. The van der Waals surface area contributed by atoms with Crippen LogP contribution in [-0.4, -0.2) is 64.0 Å². The third-order valence-electron chi connectivity index (χ3n) is 9.27. The minimum Gasteiger partial charge on any atom is -0.486 e. The van der Waals surface area contributed by atoms with Crippen molar-refractivity contribution in [1.82, 2.24) is 19.4 Å². The summed E-state index contributed by atoms with van der Waals surface area (Å²) in [5, 5.41) is 0.795. The van der Waals surface area contributed by atoms with Gasteiger partial charge >= 0.3 is 5.69 Å². The molecule has 41 heavy (non-hydrogen) atoms. The molecule has 3 fully saturated rings. The SMILES string of the molecule is C=CC(=O)N1CCN(c2nc(=O)n(C34CCCN3CCC4)c3c4c(c(Cl)cc23)-c2c(ccc(F)c2F)CO4)[C@@H](C)C1. The Morgan fingerprint density at radius 2 is 1.93 bits per heavy atom. The van der Waals surface area contributed by atoms with Gasteiger partial charge in [-0.15, -0.1) is 0 Å². The maximum absolute atomic E-state index is 15.4. The van der Waals surface area contributed by atoms with Crippen LogP contribution in [0.2, 0.25) is 5.02 Å². The first-order chi connectivity index (χ1) is 19.7. The lowest BCUT2D eigenvalue weighted by Gasteiger charge is -2.41. The Morgan fingerprint density at radius 3 is 2.63 bits per heavy atom. The summed E-state index contributed by atoms with van der Waals surface area (Å²) in [6, 6.07) is 4.13. The normalized spacial score (nSPS) is 21.4. The van der Waals surface area contributed by atoms with Crippen LogP contribution in [0.15, 0.2) is 35.6 Å². The fraction of sp³-hybridized carbons (Fsp3) is 0.433. The quantitative estimate of drug-likeness (QED) is 0.419. The van der Waals surface area contributed by atoms with Crippen molar-refractivity contribution in [1.29, 1.82) is 0 Å². The largest absolute Gasteiger partial charge is 0.486 e. The number of anilines is 1. The van der Waals surface area contributed by atoms with Crippen LogP contribution in [-0.2, 0) is 17.1 Å². The highest BCUT2D eigenvalue weighted by molar-refractivity contribution is 6.35. The van der Waals surface area contributed by atoms with Gasteiger partial charge in [-0.05, 0) is 50.8 Å². The van der Waals surface area contributed by atoms with Crippen molar-refractivity contribution >= 4 is 34.2 Å². The number of hydrogen-bond donors (Lipinski definition) is 0. The second-order valence-electron chi connectivity index (χ2n) is 11.4. The molecular formula is C30H30ClF2N5O3. The fourth-order valence-corrected chi connectivity index (χ4v) is 7.75. The number of aromatic nitrogens is 2. The monoisotopic (exact) mass is 581 g/mol. The van der Waals surface area contributed by atoms with Crippen LogP contribution < -0.4 is 15.3 Å². The smallest absolute Gasteiger partial charge is 0.351 e. The van der Waals surface area contributed by atoms with Gasteiger partial charge in [-0.3, -0.25) is 14.3 Å². The first-order valence-electron chi connectivity index (χ1n) is 14.1. The maximum atomic E-state index is 15.4. The predicted octanol–water partition coefficient (Wildman–Crippen LogP) is 4.65. The standard InChI is InChI=1S/C30H30ClF2N5O3/c1-3-22(39)35-12-13-37(17(2)15-35)28-19-14-20(31)24-23-18(6-7-21(32)25(23)33)16-41-27(24)26(19)38(29(40)34-28)30-8-4-10-36(30)11-5-9-30/h3,6-7,14,17H,1,4-5,8-13,15-16H2,2H3/t17-/m0/s1. The number of carbonyl (C=O) groups is 1. The molecule has 0 unspecified atom stereocenters.